The maximum Gasteiger partial charge on any atom is 0.252 e. The maximum atomic E-state index is 11.0. The number of rotatable bonds is 3. The van der Waals surface area contributed by atoms with Gasteiger partial charge >= 0.3 is 0 Å². The number of carbonyl (C=O) groups is 1. The van der Waals surface area contributed by atoms with Crippen molar-refractivity contribution in [3.63, 3.8) is 0 Å². The second-order valence-electron chi connectivity index (χ2n) is 4.09. The van der Waals surface area contributed by atoms with Crippen LogP contribution in [-0.2, 0) is 0 Å². The molecule has 0 aliphatic heterocycles. The Kier molecular flexibility index (Phi) is 3.26. The lowest BCUT2D eigenvalue weighted by Gasteiger charge is -1.97. The van der Waals surface area contributed by atoms with Crippen molar-refractivity contribution in [1.82, 2.24) is 20.2 Å². The molecule has 0 fully saturated rings. The van der Waals surface area contributed by atoms with Gasteiger partial charge in [-0.1, -0.05) is 30.3 Å². The lowest BCUT2D eigenvalue weighted by molar-refractivity contribution is 0.108. The molecule has 6 heteroatoms. The van der Waals surface area contributed by atoms with E-state index >= 15 is 0 Å². The normalized spacial score (nSPS) is 10.4. The van der Waals surface area contributed by atoms with Gasteiger partial charge in [0.25, 0.3) is 5.24 Å². The first-order valence-electron chi connectivity index (χ1n) is 5.90. The van der Waals surface area contributed by atoms with E-state index < -0.39 is 5.24 Å². The van der Waals surface area contributed by atoms with Crippen molar-refractivity contribution < 1.29 is 4.79 Å². The van der Waals surface area contributed by atoms with Crippen LogP contribution in [0.15, 0.2) is 54.6 Å². The molecule has 5 nitrogen and oxygen atoms in total. The van der Waals surface area contributed by atoms with Crippen molar-refractivity contribution in [2.45, 2.75) is 0 Å². The molecule has 0 amide bonds. The first kappa shape index (κ1) is 12.5. The summed E-state index contributed by atoms with van der Waals surface area (Å²) in [5.74, 6) is 0.488. The molecule has 2 aromatic carbocycles. The predicted molar refractivity (Wildman–Crippen MR) is 74.8 cm³/mol. The Morgan fingerprint density at radius 1 is 1.00 bits per heavy atom. The Morgan fingerprint density at radius 2 is 1.70 bits per heavy atom. The SMILES string of the molecule is O=C(Cl)c1ccc(-c2nnn(-c3ccccc3)n2)cc1. The molecule has 1 heterocycles. The largest absolute Gasteiger partial charge is 0.276 e. The van der Waals surface area contributed by atoms with E-state index in [0.717, 1.165) is 11.3 Å². The standard InChI is InChI=1S/C14H9ClN4O/c15-13(20)10-6-8-11(9-7-10)14-16-18-19(17-14)12-4-2-1-3-5-12/h1-9H. The summed E-state index contributed by atoms with van der Waals surface area (Å²) in [7, 11) is 0. The first-order chi connectivity index (χ1) is 9.74. The molecule has 0 radical (unpaired) electrons. The molecule has 0 N–H and O–H groups in total. The van der Waals surface area contributed by atoms with E-state index in [9.17, 15) is 4.79 Å². The highest BCUT2D eigenvalue weighted by Gasteiger charge is 2.08. The molecule has 1 aromatic heterocycles. The third-order valence-corrected chi connectivity index (χ3v) is 2.99. The van der Waals surface area contributed by atoms with Gasteiger partial charge in [0.1, 0.15) is 0 Å². The van der Waals surface area contributed by atoms with Gasteiger partial charge in [-0.25, -0.2) is 0 Å². The van der Waals surface area contributed by atoms with Crippen molar-refractivity contribution in [2.75, 3.05) is 0 Å². The summed E-state index contributed by atoms with van der Waals surface area (Å²) in [4.78, 5) is 12.5. The predicted octanol–water partition coefficient (Wildman–Crippen LogP) is 2.71. The summed E-state index contributed by atoms with van der Waals surface area (Å²) in [6.07, 6.45) is 0. The highest BCUT2D eigenvalue weighted by molar-refractivity contribution is 6.67. The summed E-state index contributed by atoms with van der Waals surface area (Å²) < 4.78 is 0. The topological polar surface area (TPSA) is 60.7 Å². The molecule has 3 aromatic rings. The molecule has 0 saturated carbocycles. The summed E-state index contributed by atoms with van der Waals surface area (Å²) in [5.41, 5.74) is 2.04. The number of nitrogens with zero attached hydrogens (tertiary/aromatic N) is 4. The van der Waals surface area contributed by atoms with Crippen LogP contribution in [0.1, 0.15) is 10.4 Å². The van der Waals surface area contributed by atoms with Crippen LogP contribution >= 0.6 is 11.6 Å². The second-order valence-corrected chi connectivity index (χ2v) is 4.43. The average molecular weight is 285 g/mol. The molecular formula is C14H9ClN4O. The highest BCUT2D eigenvalue weighted by Crippen LogP contribution is 2.16. The van der Waals surface area contributed by atoms with E-state index in [2.05, 4.69) is 15.4 Å². The molecule has 0 saturated heterocycles. The average Bonchev–Trinajstić information content (AvgIpc) is 2.98. The molecule has 0 spiro atoms. The summed E-state index contributed by atoms with van der Waals surface area (Å²) in [5, 5.41) is 11.8. The van der Waals surface area contributed by atoms with Crippen LogP contribution in [0.2, 0.25) is 0 Å². The van der Waals surface area contributed by atoms with Crippen molar-refractivity contribution in [1.29, 1.82) is 0 Å². The Morgan fingerprint density at radius 3 is 2.35 bits per heavy atom. The van der Waals surface area contributed by atoms with Gasteiger partial charge in [-0.3, -0.25) is 4.79 Å². The minimum atomic E-state index is -0.488. The Hall–Kier alpha value is -2.53. The number of halogens is 1. The fourth-order valence-electron chi connectivity index (χ4n) is 1.75. The number of hydrogen-bond acceptors (Lipinski definition) is 4. The number of tetrazole rings is 1. The van der Waals surface area contributed by atoms with Crippen LogP contribution in [0.5, 0.6) is 0 Å². The van der Waals surface area contributed by atoms with Gasteiger partial charge in [0.15, 0.2) is 0 Å². The van der Waals surface area contributed by atoms with Gasteiger partial charge in [-0.05, 0) is 41.1 Å². The third-order valence-electron chi connectivity index (χ3n) is 2.77. The zero-order valence-electron chi connectivity index (χ0n) is 10.3. The molecule has 0 unspecified atom stereocenters. The lowest BCUT2D eigenvalue weighted by Crippen LogP contribution is -1.98. The number of carbonyl (C=O) groups excluding carboxylic acids is 1. The highest BCUT2D eigenvalue weighted by atomic mass is 35.5. The molecule has 0 atom stereocenters. The van der Waals surface area contributed by atoms with Crippen LogP contribution in [0.4, 0.5) is 0 Å². The number of aromatic nitrogens is 4. The van der Waals surface area contributed by atoms with Crippen LogP contribution < -0.4 is 0 Å². The summed E-state index contributed by atoms with van der Waals surface area (Å²) in [6, 6.07) is 16.2. The van der Waals surface area contributed by atoms with Gasteiger partial charge in [-0.15, -0.1) is 15.0 Å². The first-order valence-corrected chi connectivity index (χ1v) is 6.27. The van der Waals surface area contributed by atoms with E-state index in [1.807, 2.05) is 30.3 Å². The Balaban J connectivity index is 1.92. The van der Waals surface area contributed by atoms with Crippen molar-refractivity contribution in [3.8, 4) is 17.1 Å². The second kappa shape index (κ2) is 5.22. The van der Waals surface area contributed by atoms with Crippen molar-refractivity contribution in [2.24, 2.45) is 0 Å². The molecule has 0 bridgehead atoms. The van der Waals surface area contributed by atoms with Gasteiger partial charge in [-0.2, -0.15) is 0 Å². The number of para-hydroxylation sites is 1. The van der Waals surface area contributed by atoms with Gasteiger partial charge in [0, 0.05) is 11.1 Å². The molecule has 98 valence electrons. The molecule has 0 aliphatic carbocycles. The van der Waals surface area contributed by atoms with Crippen molar-refractivity contribution in [3.05, 3.63) is 60.2 Å². The van der Waals surface area contributed by atoms with Crippen molar-refractivity contribution >= 4 is 16.8 Å². The fraction of sp³-hybridized carbons (Fsp3) is 0. The van der Waals surface area contributed by atoms with E-state index in [4.69, 9.17) is 11.6 Å². The van der Waals surface area contributed by atoms with Crippen LogP contribution in [0, 0.1) is 0 Å². The van der Waals surface area contributed by atoms with Gasteiger partial charge in [0.2, 0.25) is 5.82 Å². The van der Waals surface area contributed by atoms with Crippen LogP contribution in [0.3, 0.4) is 0 Å². The number of hydrogen-bond donors (Lipinski definition) is 0. The smallest absolute Gasteiger partial charge is 0.252 e. The number of benzene rings is 2. The Bertz CT molecular complexity index is 737. The zero-order chi connectivity index (χ0) is 13.9. The monoisotopic (exact) mass is 284 g/mol. The third kappa shape index (κ3) is 2.44. The van der Waals surface area contributed by atoms with E-state index in [-0.39, 0.29) is 0 Å². The maximum absolute atomic E-state index is 11.0. The van der Waals surface area contributed by atoms with E-state index in [0.29, 0.717) is 11.4 Å². The van der Waals surface area contributed by atoms with Crippen LogP contribution in [-0.4, -0.2) is 25.4 Å². The minimum Gasteiger partial charge on any atom is -0.276 e. The molecule has 20 heavy (non-hydrogen) atoms. The molecule has 0 aliphatic rings. The Labute approximate surface area is 119 Å². The fourth-order valence-corrected chi connectivity index (χ4v) is 1.88. The zero-order valence-corrected chi connectivity index (χ0v) is 11.0. The molecule has 3 rings (SSSR count). The molecular weight excluding hydrogens is 276 g/mol. The summed E-state index contributed by atoms with van der Waals surface area (Å²) >= 11 is 5.40. The van der Waals surface area contributed by atoms with Gasteiger partial charge < -0.3 is 0 Å². The van der Waals surface area contributed by atoms with Crippen LogP contribution in [0.25, 0.3) is 17.1 Å². The summed E-state index contributed by atoms with van der Waals surface area (Å²) in [6.45, 7) is 0. The van der Waals surface area contributed by atoms with E-state index in [1.54, 1.807) is 24.3 Å². The van der Waals surface area contributed by atoms with E-state index in [1.165, 1.54) is 4.80 Å². The quantitative estimate of drug-likeness (QED) is 0.694. The minimum absolute atomic E-state index is 0.436. The lowest BCUT2D eigenvalue weighted by atomic mass is 10.1. The van der Waals surface area contributed by atoms with Gasteiger partial charge in [0.05, 0.1) is 5.69 Å².